The van der Waals surface area contributed by atoms with Crippen LogP contribution in [-0.4, -0.2) is 21.3 Å². The molecular weight excluding hydrogens is 280 g/mol. The molecule has 0 fully saturated rings. The second kappa shape index (κ2) is 3.79. The van der Waals surface area contributed by atoms with Crippen molar-refractivity contribution in [2.45, 2.75) is 6.92 Å². The maximum atomic E-state index is 11.0. The minimum atomic E-state index is -0.958. The minimum absolute atomic E-state index is 0.240. The molecule has 15 heavy (non-hydrogen) atoms. The van der Waals surface area contributed by atoms with Gasteiger partial charge in [0.2, 0.25) is 0 Å². The van der Waals surface area contributed by atoms with E-state index in [1.165, 1.54) is 11.3 Å². The van der Waals surface area contributed by atoms with E-state index in [2.05, 4.69) is 26.1 Å². The van der Waals surface area contributed by atoms with Gasteiger partial charge >= 0.3 is 5.97 Å². The molecule has 0 unspecified atom stereocenters. The van der Waals surface area contributed by atoms with Crippen LogP contribution in [0, 0.1) is 6.92 Å². The molecule has 2 aromatic rings. The topological polar surface area (TPSA) is 66.0 Å². The van der Waals surface area contributed by atoms with Gasteiger partial charge in [0.25, 0.3) is 0 Å². The highest BCUT2D eigenvalue weighted by atomic mass is 79.9. The first-order valence-corrected chi connectivity index (χ1v) is 5.74. The van der Waals surface area contributed by atoms with Crippen LogP contribution >= 0.6 is 27.3 Å². The first-order valence-electron chi connectivity index (χ1n) is 4.13. The molecule has 2 rings (SSSR count). The maximum Gasteiger partial charge on any atom is 0.339 e. The van der Waals surface area contributed by atoms with Gasteiger partial charge in [-0.2, -0.15) is 5.10 Å². The van der Waals surface area contributed by atoms with Crippen LogP contribution in [0.5, 0.6) is 0 Å². The van der Waals surface area contributed by atoms with E-state index in [0.717, 1.165) is 8.66 Å². The van der Waals surface area contributed by atoms with Crippen molar-refractivity contribution in [1.82, 2.24) is 10.2 Å². The number of aryl methyl sites for hydroxylation is 1. The number of carbonyl (C=O) groups is 1. The van der Waals surface area contributed by atoms with Crippen LogP contribution in [0.4, 0.5) is 0 Å². The van der Waals surface area contributed by atoms with Crippen molar-refractivity contribution < 1.29 is 9.90 Å². The van der Waals surface area contributed by atoms with Crippen LogP contribution in [0.1, 0.15) is 16.1 Å². The minimum Gasteiger partial charge on any atom is -0.478 e. The molecule has 2 N–H and O–H groups in total. The number of hydrogen-bond acceptors (Lipinski definition) is 3. The van der Waals surface area contributed by atoms with Gasteiger partial charge in [-0.25, -0.2) is 4.79 Å². The van der Waals surface area contributed by atoms with Gasteiger partial charge in [0.15, 0.2) is 0 Å². The van der Waals surface area contributed by atoms with Crippen molar-refractivity contribution in [3.05, 3.63) is 27.2 Å². The maximum absolute atomic E-state index is 11.0. The molecule has 0 radical (unpaired) electrons. The molecule has 6 heteroatoms. The Morgan fingerprint density at radius 1 is 1.60 bits per heavy atom. The molecule has 4 nitrogen and oxygen atoms in total. The fourth-order valence-electron chi connectivity index (χ4n) is 1.31. The lowest BCUT2D eigenvalue weighted by molar-refractivity contribution is 0.0697. The Hall–Kier alpha value is -1.14. The summed E-state index contributed by atoms with van der Waals surface area (Å²) >= 11 is 4.79. The molecule has 0 aliphatic carbocycles. The lowest BCUT2D eigenvalue weighted by atomic mass is 10.2. The quantitative estimate of drug-likeness (QED) is 0.892. The zero-order valence-electron chi connectivity index (χ0n) is 7.74. The number of hydrogen-bond donors (Lipinski definition) is 2. The summed E-state index contributed by atoms with van der Waals surface area (Å²) in [7, 11) is 0. The third-order valence-corrected chi connectivity index (χ3v) is 3.60. The highest BCUT2D eigenvalue weighted by molar-refractivity contribution is 9.11. The summed E-state index contributed by atoms with van der Waals surface area (Å²) in [5, 5.41) is 15.7. The van der Waals surface area contributed by atoms with Gasteiger partial charge in [-0.1, -0.05) is 0 Å². The van der Waals surface area contributed by atoms with E-state index >= 15 is 0 Å². The largest absolute Gasteiger partial charge is 0.478 e. The van der Waals surface area contributed by atoms with Crippen molar-refractivity contribution in [3.63, 3.8) is 0 Å². The first kappa shape index (κ1) is 10.4. The molecule has 0 saturated heterocycles. The molecule has 0 aromatic carbocycles. The van der Waals surface area contributed by atoms with Crippen molar-refractivity contribution >= 4 is 33.2 Å². The Balaban J connectivity index is 2.58. The summed E-state index contributed by atoms with van der Waals surface area (Å²) in [6, 6.07) is 3.71. The third kappa shape index (κ3) is 1.82. The Labute approximate surface area is 98.1 Å². The molecule has 0 aliphatic rings. The van der Waals surface area contributed by atoms with Crippen LogP contribution in [0.3, 0.4) is 0 Å². The van der Waals surface area contributed by atoms with Crippen LogP contribution in [0.15, 0.2) is 15.9 Å². The molecule has 2 heterocycles. The summed E-state index contributed by atoms with van der Waals surface area (Å²) in [4.78, 5) is 11.9. The molecule has 0 spiro atoms. The number of aromatic nitrogens is 2. The van der Waals surface area contributed by atoms with Gasteiger partial charge in [-0.3, -0.25) is 5.10 Å². The molecule has 0 bridgehead atoms. The lowest BCUT2D eigenvalue weighted by Gasteiger charge is -1.94. The summed E-state index contributed by atoms with van der Waals surface area (Å²) < 4.78 is 0.953. The van der Waals surface area contributed by atoms with E-state index in [1.54, 1.807) is 6.92 Å². The first-order chi connectivity index (χ1) is 7.09. The van der Waals surface area contributed by atoms with E-state index in [9.17, 15) is 4.79 Å². The van der Waals surface area contributed by atoms with Crippen molar-refractivity contribution in [1.29, 1.82) is 0 Å². The number of rotatable bonds is 2. The van der Waals surface area contributed by atoms with Crippen LogP contribution in [0.25, 0.3) is 10.6 Å². The van der Waals surface area contributed by atoms with Crippen molar-refractivity contribution in [2.75, 3.05) is 0 Å². The van der Waals surface area contributed by atoms with E-state index in [4.69, 9.17) is 5.11 Å². The second-order valence-electron chi connectivity index (χ2n) is 2.98. The number of halogens is 1. The standard InChI is InChI=1S/C9H7BrN2O2S/c1-4-7(9(13)14)8(12-11-4)5-2-3-6(10)15-5/h2-3H,1H3,(H,11,12)(H,13,14). The Morgan fingerprint density at radius 3 is 2.87 bits per heavy atom. The van der Waals surface area contributed by atoms with Crippen LogP contribution in [-0.2, 0) is 0 Å². The molecule has 0 atom stereocenters. The van der Waals surface area contributed by atoms with E-state index < -0.39 is 5.97 Å². The Kier molecular flexibility index (Phi) is 2.62. The van der Waals surface area contributed by atoms with E-state index in [0.29, 0.717) is 11.4 Å². The summed E-state index contributed by atoms with van der Waals surface area (Å²) in [6.45, 7) is 1.70. The highest BCUT2D eigenvalue weighted by Gasteiger charge is 2.19. The lowest BCUT2D eigenvalue weighted by Crippen LogP contribution is -1.98. The predicted molar refractivity (Wildman–Crippen MR) is 61.3 cm³/mol. The summed E-state index contributed by atoms with van der Waals surface area (Å²) in [5.41, 5.74) is 1.31. The number of carboxylic acids is 1. The molecule has 0 amide bonds. The molecule has 0 saturated carbocycles. The van der Waals surface area contributed by atoms with E-state index in [1.807, 2.05) is 12.1 Å². The van der Waals surface area contributed by atoms with Gasteiger partial charge in [-0.15, -0.1) is 11.3 Å². The number of aromatic carboxylic acids is 1. The highest BCUT2D eigenvalue weighted by Crippen LogP contribution is 2.32. The van der Waals surface area contributed by atoms with Gasteiger partial charge in [0.05, 0.1) is 8.66 Å². The second-order valence-corrected chi connectivity index (χ2v) is 5.44. The molecule has 0 aliphatic heterocycles. The number of nitrogens with one attached hydrogen (secondary N) is 1. The van der Waals surface area contributed by atoms with Gasteiger partial charge < -0.3 is 5.11 Å². The molecule has 78 valence electrons. The summed E-state index contributed by atoms with van der Waals surface area (Å²) in [5.74, 6) is -0.958. The van der Waals surface area contributed by atoms with Crippen molar-refractivity contribution in [2.24, 2.45) is 0 Å². The fraction of sp³-hybridized carbons (Fsp3) is 0.111. The predicted octanol–water partition coefficient (Wildman–Crippen LogP) is 2.91. The smallest absolute Gasteiger partial charge is 0.339 e. The average molecular weight is 287 g/mol. The van der Waals surface area contributed by atoms with Gasteiger partial charge in [-0.05, 0) is 35.0 Å². The monoisotopic (exact) mass is 286 g/mol. The van der Waals surface area contributed by atoms with Crippen molar-refractivity contribution in [3.8, 4) is 10.6 Å². The fourth-order valence-corrected chi connectivity index (χ4v) is 2.69. The molecule has 2 aromatic heterocycles. The van der Waals surface area contributed by atoms with Gasteiger partial charge in [0.1, 0.15) is 11.3 Å². The zero-order chi connectivity index (χ0) is 11.0. The Morgan fingerprint density at radius 2 is 2.33 bits per heavy atom. The Bertz CT molecular complexity index is 518. The van der Waals surface area contributed by atoms with Gasteiger partial charge in [0, 0.05) is 5.69 Å². The average Bonchev–Trinajstić information content (AvgIpc) is 2.71. The number of thiophene rings is 1. The van der Waals surface area contributed by atoms with Crippen LogP contribution in [0.2, 0.25) is 0 Å². The number of aromatic amines is 1. The summed E-state index contributed by atoms with van der Waals surface area (Å²) in [6.07, 6.45) is 0. The van der Waals surface area contributed by atoms with E-state index in [-0.39, 0.29) is 5.56 Å². The normalized spacial score (nSPS) is 10.5. The third-order valence-electron chi connectivity index (χ3n) is 1.97. The van der Waals surface area contributed by atoms with Crippen LogP contribution < -0.4 is 0 Å². The zero-order valence-corrected chi connectivity index (χ0v) is 10.1. The molecular formula is C9H7BrN2O2S. The number of nitrogens with zero attached hydrogens (tertiary/aromatic N) is 1. The number of carboxylic acid groups (broad SMARTS) is 1. The SMILES string of the molecule is Cc1[nH]nc(-c2ccc(Br)s2)c1C(=O)O. The number of H-pyrrole nitrogens is 1.